The second-order valence-electron chi connectivity index (χ2n) is 7.21. The summed E-state index contributed by atoms with van der Waals surface area (Å²) in [5.74, 6) is 5.96. The lowest BCUT2D eigenvalue weighted by Crippen LogP contribution is -2.66. The van der Waals surface area contributed by atoms with Crippen LogP contribution in [0.15, 0.2) is 24.3 Å². The number of aliphatic hydroxyl groups is 1. The third-order valence-corrected chi connectivity index (χ3v) is 5.38. The van der Waals surface area contributed by atoms with Crippen molar-refractivity contribution in [2.75, 3.05) is 39.5 Å². The van der Waals surface area contributed by atoms with Crippen LogP contribution in [0.1, 0.15) is 36.8 Å². The SMILES string of the molecule is CCCC#Cc1ccc([C@H]2[C@H](C#N)N(C(=O)CN3CCOCC3)[C@H]2CO)cc1. The number of amides is 1. The highest BCUT2D eigenvalue weighted by Gasteiger charge is 2.51. The van der Waals surface area contributed by atoms with Crippen molar-refractivity contribution in [1.82, 2.24) is 9.80 Å². The number of aliphatic hydroxyl groups excluding tert-OH is 1. The largest absolute Gasteiger partial charge is 0.394 e. The normalized spacial score (nSPS) is 24.6. The van der Waals surface area contributed by atoms with E-state index in [4.69, 9.17) is 4.74 Å². The lowest BCUT2D eigenvalue weighted by Gasteiger charge is -2.52. The van der Waals surface area contributed by atoms with Crippen LogP contribution in [0.25, 0.3) is 0 Å². The number of benzene rings is 1. The third kappa shape index (κ3) is 4.36. The van der Waals surface area contributed by atoms with Crippen molar-refractivity contribution in [2.24, 2.45) is 0 Å². The van der Waals surface area contributed by atoms with Crippen LogP contribution in [0.2, 0.25) is 0 Å². The number of morpholine rings is 1. The zero-order chi connectivity index (χ0) is 19.9. The van der Waals surface area contributed by atoms with Crippen molar-refractivity contribution in [1.29, 1.82) is 5.26 Å². The maximum Gasteiger partial charge on any atom is 0.238 e. The first-order valence-electron chi connectivity index (χ1n) is 9.90. The molecule has 1 aromatic carbocycles. The molecule has 6 nitrogen and oxygen atoms in total. The number of likely N-dealkylation sites (tertiary alicyclic amines) is 1. The molecular weight excluding hydrogens is 354 g/mol. The zero-order valence-corrected chi connectivity index (χ0v) is 16.3. The van der Waals surface area contributed by atoms with Crippen LogP contribution in [0, 0.1) is 23.2 Å². The fourth-order valence-electron chi connectivity index (χ4n) is 3.86. The highest BCUT2D eigenvalue weighted by molar-refractivity contribution is 5.81. The Bertz CT molecular complexity index is 769. The first kappa shape index (κ1) is 20.4. The molecule has 0 bridgehead atoms. The van der Waals surface area contributed by atoms with Gasteiger partial charge in [0, 0.05) is 31.0 Å². The van der Waals surface area contributed by atoms with Crippen LogP contribution in [0.4, 0.5) is 0 Å². The fourth-order valence-corrected chi connectivity index (χ4v) is 3.86. The molecule has 1 amide bonds. The second kappa shape index (κ2) is 9.71. The van der Waals surface area contributed by atoms with Crippen LogP contribution in [0.5, 0.6) is 0 Å². The average Bonchev–Trinajstić information content (AvgIpc) is 2.70. The highest BCUT2D eigenvalue weighted by Crippen LogP contribution is 2.40. The number of hydrogen-bond donors (Lipinski definition) is 1. The van der Waals surface area contributed by atoms with E-state index in [1.54, 1.807) is 4.90 Å². The van der Waals surface area contributed by atoms with Crippen molar-refractivity contribution >= 4 is 5.91 Å². The van der Waals surface area contributed by atoms with E-state index in [9.17, 15) is 15.2 Å². The van der Waals surface area contributed by atoms with Gasteiger partial charge >= 0.3 is 0 Å². The third-order valence-electron chi connectivity index (χ3n) is 5.38. The number of rotatable bonds is 5. The van der Waals surface area contributed by atoms with Crippen LogP contribution < -0.4 is 0 Å². The Balaban J connectivity index is 1.69. The Morgan fingerprint density at radius 2 is 2.00 bits per heavy atom. The molecule has 3 atom stereocenters. The highest BCUT2D eigenvalue weighted by atomic mass is 16.5. The standard InChI is InChI=1S/C22H27N3O3/c1-2-3-4-5-17-6-8-18(9-7-17)22-19(14-23)25(20(22)16-26)21(27)15-24-10-12-28-13-11-24/h6-9,19-20,22,26H,2-3,10-13,15-16H2,1H3/t19-,20-,22-/m0/s1. The smallest absolute Gasteiger partial charge is 0.238 e. The molecule has 1 N–H and O–H groups in total. The van der Waals surface area contributed by atoms with Crippen LogP contribution in [0.3, 0.4) is 0 Å². The van der Waals surface area contributed by atoms with E-state index in [2.05, 4.69) is 24.8 Å². The van der Waals surface area contributed by atoms with E-state index in [1.807, 2.05) is 29.2 Å². The summed E-state index contributed by atoms with van der Waals surface area (Å²) >= 11 is 0. The van der Waals surface area contributed by atoms with E-state index in [1.165, 1.54) is 0 Å². The number of unbranched alkanes of at least 4 members (excludes halogenated alkanes) is 1. The molecule has 0 aliphatic carbocycles. The predicted octanol–water partition coefficient (Wildman–Crippen LogP) is 1.35. The first-order chi connectivity index (χ1) is 13.7. The maximum absolute atomic E-state index is 12.8. The Hall–Kier alpha value is -2.38. The van der Waals surface area contributed by atoms with Gasteiger partial charge in [0.05, 0.1) is 38.5 Å². The topological polar surface area (TPSA) is 76.8 Å². The molecule has 148 valence electrons. The van der Waals surface area contributed by atoms with Gasteiger partial charge in [-0.15, -0.1) is 0 Å². The van der Waals surface area contributed by atoms with Crippen molar-refractivity contribution in [3.05, 3.63) is 35.4 Å². The Morgan fingerprint density at radius 1 is 1.29 bits per heavy atom. The number of nitrogens with zero attached hydrogens (tertiary/aromatic N) is 3. The summed E-state index contributed by atoms with van der Waals surface area (Å²) in [6.07, 6.45) is 1.90. The van der Waals surface area contributed by atoms with Crippen LogP contribution >= 0.6 is 0 Å². The fraction of sp³-hybridized carbons (Fsp3) is 0.545. The van der Waals surface area contributed by atoms with Gasteiger partial charge in [0.25, 0.3) is 0 Å². The Labute approximate surface area is 166 Å². The van der Waals surface area contributed by atoms with E-state index >= 15 is 0 Å². The van der Waals surface area contributed by atoms with Crippen LogP contribution in [-0.4, -0.2) is 72.4 Å². The summed E-state index contributed by atoms with van der Waals surface area (Å²) in [5, 5.41) is 19.6. The number of carbonyl (C=O) groups is 1. The molecule has 0 aromatic heterocycles. The van der Waals surface area contributed by atoms with E-state index in [0.29, 0.717) is 26.3 Å². The van der Waals surface area contributed by atoms with Crippen molar-refractivity contribution < 1.29 is 14.6 Å². The molecule has 3 rings (SSSR count). The summed E-state index contributed by atoms with van der Waals surface area (Å²) in [6.45, 7) is 4.86. The number of hydrogen-bond acceptors (Lipinski definition) is 5. The van der Waals surface area contributed by atoms with Gasteiger partial charge in [-0.05, 0) is 24.1 Å². The van der Waals surface area contributed by atoms with Gasteiger partial charge in [-0.1, -0.05) is 30.9 Å². The summed E-state index contributed by atoms with van der Waals surface area (Å²) in [4.78, 5) is 16.4. The van der Waals surface area contributed by atoms with Gasteiger partial charge in [-0.25, -0.2) is 0 Å². The molecule has 1 aromatic rings. The molecule has 2 aliphatic rings. The summed E-state index contributed by atoms with van der Waals surface area (Å²) < 4.78 is 5.31. The van der Waals surface area contributed by atoms with Gasteiger partial charge in [0.15, 0.2) is 0 Å². The second-order valence-corrected chi connectivity index (χ2v) is 7.21. The molecule has 0 spiro atoms. The summed E-state index contributed by atoms with van der Waals surface area (Å²) in [7, 11) is 0. The van der Waals surface area contributed by atoms with Crippen molar-refractivity contribution in [2.45, 2.75) is 37.8 Å². The number of nitriles is 1. The number of ether oxygens (including phenoxy) is 1. The molecule has 2 fully saturated rings. The van der Waals surface area contributed by atoms with E-state index in [-0.39, 0.29) is 31.0 Å². The van der Waals surface area contributed by atoms with Gasteiger partial charge < -0.3 is 14.7 Å². The minimum Gasteiger partial charge on any atom is -0.394 e. The molecule has 2 saturated heterocycles. The van der Waals surface area contributed by atoms with Crippen molar-refractivity contribution in [3.8, 4) is 17.9 Å². The predicted molar refractivity (Wildman–Crippen MR) is 105 cm³/mol. The molecule has 28 heavy (non-hydrogen) atoms. The molecule has 6 heteroatoms. The molecule has 0 unspecified atom stereocenters. The van der Waals surface area contributed by atoms with Gasteiger partial charge in [0.2, 0.25) is 5.91 Å². The lowest BCUT2D eigenvalue weighted by atomic mass is 9.75. The van der Waals surface area contributed by atoms with Gasteiger partial charge in [-0.3, -0.25) is 9.69 Å². The maximum atomic E-state index is 12.8. The molecule has 0 radical (unpaired) electrons. The quantitative estimate of drug-likeness (QED) is 0.779. The summed E-state index contributed by atoms with van der Waals surface area (Å²) in [5.41, 5.74) is 1.90. The lowest BCUT2D eigenvalue weighted by molar-refractivity contribution is -0.149. The molecular formula is C22H27N3O3. The monoisotopic (exact) mass is 381 g/mol. The average molecular weight is 381 g/mol. The Morgan fingerprint density at radius 3 is 2.61 bits per heavy atom. The van der Waals surface area contributed by atoms with Gasteiger partial charge in [-0.2, -0.15) is 5.26 Å². The zero-order valence-electron chi connectivity index (χ0n) is 16.3. The molecule has 2 aliphatic heterocycles. The van der Waals surface area contributed by atoms with Crippen molar-refractivity contribution in [3.63, 3.8) is 0 Å². The number of carbonyl (C=O) groups excluding carboxylic acids is 1. The minimum absolute atomic E-state index is 0.106. The summed E-state index contributed by atoms with van der Waals surface area (Å²) in [6, 6.07) is 9.14. The molecule has 2 heterocycles. The molecule has 0 saturated carbocycles. The van der Waals surface area contributed by atoms with Crippen LogP contribution in [-0.2, 0) is 9.53 Å². The Kier molecular flexibility index (Phi) is 7.06. The van der Waals surface area contributed by atoms with E-state index < -0.39 is 6.04 Å². The van der Waals surface area contributed by atoms with E-state index in [0.717, 1.165) is 24.0 Å². The van der Waals surface area contributed by atoms with Gasteiger partial charge in [0.1, 0.15) is 6.04 Å². The first-order valence-corrected chi connectivity index (χ1v) is 9.90. The minimum atomic E-state index is -0.553.